The van der Waals surface area contributed by atoms with Crippen molar-refractivity contribution in [3.63, 3.8) is 0 Å². The van der Waals surface area contributed by atoms with E-state index in [1.54, 1.807) is 0 Å². The van der Waals surface area contributed by atoms with Gasteiger partial charge in [0.25, 0.3) is 0 Å². The normalized spacial score (nSPS) is 7.12. The van der Waals surface area contributed by atoms with E-state index in [0.29, 0.717) is 0 Å². The smallest absolute Gasteiger partial charge is 0.848 e. The number of carboxylic acid groups (broad SMARTS) is 1. The molecule has 0 aliphatic heterocycles. The zero-order valence-corrected chi connectivity index (χ0v) is 6.25. The van der Waals surface area contributed by atoms with Crippen molar-refractivity contribution in [2.45, 2.75) is 0 Å². The van der Waals surface area contributed by atoms with Crippen LogP contribution in [-0.4, -0.2) is 16.2 Å². The van der Waals surface area contributed by atoms with Crippen molar-refractivity contribution in [3.8, 4) is 0 Å². The fraction of sp³-hybridized carbons (Fsp3) is 0. The maximum absolute atomic E-state index is 9.24. The molecule has 0 spiro atoms. The first-order valence-electron chi connectivity index (χ1n) is 1.19. The Morgan fingerprint density at radius 2 is 1.88 bits per heavy atom. The Bertz CT molecular complexity index is 58.0. The summed E-state index contributed by atoms with van der Waals surface area (Å²) in [5.74, 6) is 0. The third kappa shape index (κ3) is 15.9. The van der Waals surface area contributed by atoms with E-state index in [0.717, 1.165) is 0 Å². The second-order valence-electron chi connectivity index (χ2n) is 0.512. The first-order chi connectivity index (χ1) is 2.77. The molecule has 0 aromatic heterocycles. The molecule has 0 bridgehead atoms. The van der Waals surface area contributed by atoms with Crippen molar-refractivity contribution < 1.29 is 56.8 Å². The molecular formula is CH2Li2O4Si. The van der Waals surface area contributed by atoms with Crippen LogP contribution < -0.4 is 47.6 Å². The van der Waals surface area contributed by atoms with E-state index in [2.05, 4.69) is 4.43 Å². The van der Waals surface area contributed by atoms with Gasteiger partial charge < -0.3 is 19.1 Å². The van der Waals surface area contributed by atoms with Gasteiger partial charge in [-0.05, 0) is 0 Å². The van der Waals surface area contributed by atoms with Crippen molar-refractivity contribution >= 4 is 16.2 Å². The standard InChI is InChI=1S/CH3O4Si.2Li/c2-1(3)5-6-4;;/h6H2,(H,2,3);;/q-1;2*+1/p-1. The molecule has 0 heterocycles. The summed E-state index contributed by atoms with van der Waals surface area (Å²) in [5.41, 5.74) is 0. The molecule has 0 aliphatic carbocycles. The number of hydrogen-bond donors (Lipinski definition) is 0. The maximum Gasteiger partial charge on any atom is 1.00 e. The molecule has 0 aromatic carbocycles. The molecule has 0 saturated carbocycles. The molecule has 7 heteroatoms. The maximum atomic E-state index is 9.24. The van der Waals surface area contributed by atoms with Crippen LogP contribution in [-0.2, 0) is 4.43 Å². The van der Waals surface area contributed by atoms with Crippen LogP contribution in [0.1, 0.15) is 0 Å². The molecule has 0 aromatic rings. The van der Waals surface area contributed by atoms with E-state index in [4.69, 9.17) is 9.90 Å². The molecule has 0 radical (unpaired) electrons. The summed E-state index contributed by atoms with van der Waals surface area (Å²) in [6, 6.07) is 0. The van der Waals surface area contributed by atoms with Gasteiger partial charge in [-0.25, -0.2) is 0 Å². The van der Waals surface area contributed by atoms with Crippen LogP contribution in [0.15, 0.2) is 0 Å². The Balaban J connectivity index is -0.000000125. The van der Waals surface area contributed by atoms with Crippen LogP contribution in [0.4, 0.5) is 4.79 Å². The summed E-state index contributed by atoms with van der Waals surface area (Å²) in [5, 5.41) is 9.10. The third-order valence-electron chi connectivity index (χ3n) is 0.177. The van der Waals surface area contributed by atoms with E-state index in [1.165, 1.54) is 0 Å². The molecule has 0 fully saturated rings. The predicted octanol–water partition coefficient (Wildman–Crippen LogP) is -9.29. The van der Waals surface area contributed by atoms with Gasteiger partial charge in [-0.15, -0.1) is 0 Å². The van der Waals surface area contributed by atoms with Gasteiger partial charge >= 0.3 is 37.7 Å². The molecule has 36 valence electrons. The number of hydrogen-bond acceptors (Lipinski definition) is 4. The van der Waals surface area contributed by atoms with Crippen molar-refractivity contribution in [2.75, 3.05) is 0 Å². The molecule has 4 nitrogen and oxygen atoms in total. The topological polar surface area (TPSA) is 72.4 Å². The average molecular weight is 120 g/mol. The summed E-state index contributed by atoms with van der Waals surface area (Å²) in [4.78, 5) is 18.3. The van der Waals surface area contributed by atoms with Gasteiger partial charge in [0.15, 0.2) is 0 Å². The monoisotopic (exact) mass is 120 g/mol. The largest absolute Gasteiger partial charge is 1.00 e. The first kappa shape index (κ1) is 15.9. The Hall–Kier alpha value is 0.642. The van der Waals surface area contributed by atoms with Gasteiger partial charge in [0.2, 0.25) is 6.16 Å². The number of rotatable bonds is 1. The van der Waals surface area contributed by atoms with Crippen molar-refractivity contribution in [3.05, 3.63) is 0 Å². The zero-order valence-electron chi connectivity index (χ0n) is 4.84. The Kier molecular flexibility index (Phi) is 21.0. The van der Waals surface area contributed by atoms with Gasteiger partial charge in [-0.1, -0.05) is 0 Å². The van der Waals surface area contributed by atoms with Gasteiger partial charge in [-0.3, -0.25) is 0 Å². The molecule has 0 saturated heterocycles. The predicted molar refractivity (Wildman–Crippen MR) is 15.0 cm³/mol. The second-order valence-corrected chi connectivity index (χ2v) is 1.04. The van der Waals surface area contributed by atoms with Crippen LogP contribution in [0.5, 0.6) is 0 Å². The molecule has 8 heavy (non-hydrogen) atoms. The molecule has 0 aliphatic rings. The summed E-state index contributed by atoms with van der Waals surface area (Å²) >= 11 is 0. The Morgan fingerprint density at radius 3 is 1.88 bits per heavy atom. The summed E-state index contributed by atoms with van der Waals surface area (Å²) in [7, 11) is -2.05. The number of carbonyl (C=O) groups excluding carboxylic acids is 1. The Labute approximate surface area is 73.0 Å². The van der Waals surface area contributed by atoms with Gasteiger partial charge in [0.05, 0.1) is 0 Å². The van der Waals surface area contributed by atoms with Crippen molar-refractivity contribution in [1.29, 1.82) is 0 Å². The minimum Gasteiger partial charge on any atom is -0.848 e. The molecular weight excluding hydrogens is 118 g/mol. The van der Waals surface area contributed by atoms with E-state index >= 15 is 0 Å². The van der Waals surface area contributed by atoms with Gasteiger partial charge in [0, 0.05) is 10.0 Å². The minimum absolute atomic E-state index is 0. The van der Waals surface area contributed by atoms with Crippen LogP contribution in [0.3, 0.4) is 0 Å². The summed E-state index contributed by atoms with van der Waals surface area (Å²) < 4.78 is 3.43. The second kappa shape index (κ2) is 10.6. The molecule has 0 N–H and O–H groups in total. The molecule has 0 amide bonds. The average Bonchev–Trinajstić information content (AvgIpc) is 1.35. The first-order valence-corrected chi connectivity index (χ1v) is 2.34. The number of carbonyl (C=O) groups is 1. The molecule has 0 unspecified atom stereocenters. The third-order valence-corrected chi connectivity index (χ3v) is 0.530. The van der Waals surface area contributed by atoms with E-state index in [-0.39, 0.29) is 37.7 Å². The SMILES string of the molecule is O=C([O-])O[SiH2][O-].[Li+].[Li+]. The zero-order chi connectivity index (χ0) is 4.99. The minimum atomic E-state index is -2.05. The fourth-order valence-electron chi connectivity index (χ4n) is 0.0481. The molecule has 0 atom stereocenters. The summed E-state index contributed by atoms with van der Waals surface area (Å²) in [6.07, 6.45) is -1.71. The van der Waals surface area contributed by atoms with Crippen molar-refractivity contribution in [1.82, 2.24) is 0 Å². The fourth-order valence-corrected chi connectivity index (χ4v) is 0.144. The quantitative estimate of drug-likeness (QED) is 0.322. The van der Waals surface area contributed by atoms with Gasteiger partial charge in [-0.2, -0.15) is 0 Å². The summed E-state index contributed by atoms with van der Waals surface area (Å²) in [6.45, 7) is 0. The van der Waals surface area contributed by atoms with E-state index in [1.807, 2.05) is 0 Å². The Morgan fingerprint density at radius 1 is 1.50 bits per heavy atom. The van der Waals surface area contributed by atoms with Crippen molar-refractivity contribution in [2.24, 2.45) is 0 Å². The van der Waals surface area contributed by atoms with Crippen LogP contribution in [0.25, 0.3) is 0 Å². The molecule has 0 rings (SSSR count). The van der Waals surface area contributed by atoms with E-state index in [9.17, 15) is 4.80 Å². The van der Waals surface area contributed by atoms with Crippen LogP contribution in [0, 0.1) is 0 Å². The van der Waals surface area contributed by atoms with Gasteiger partial charge in [0.1, 0.15) is 0 Å². The van der Waals surface area contributed by atoms with Crippen LogP contribution >= 0.6 is 0 Å². The van der Waals surface area contributed by atoms with E-state index < -0.39 is 16.2 Å². The van der Waals surface area contributed by atoms with Crippen LogP contribution in [0.2, 0.25) is 0 Å².